The molecule has 0 spiro atoms. The second-order valence-electron chi connectivity index (χ2n) is 5.35. The lowest BCUT2D eigenvalue weighted by atomic mass is 10.0. The van der Waals surface area contributed by atoms with E-state index in [0.717, 1.165) is 35.2 Å². The molecular formula is C18H17BrO2. The molecule has 2 aromatic carbocycles. The van der Waals surface area contributed by atoms with Crippen molar-refractivity contribution < 1.29 is 9.53 Å². The van der Waals surface area contributed by atoms with Crippen molar-refractivity contribution in [1.82, 2.24) is 0 Å². The van der Waals surface area contributed by atoms with Crippen molar-refractivity contribution in [2.75, 3.05) is 6.61 Å². The molecule has 0 aliphatic carbocycles. The van der Waals surface area contributed by atoms with Gasteiger partial charge < -0.3 is 4.74 Å². The van der Waals surface area contributed by atoms with Crippen molar-refractivity contribution in [3.8, 4) is 5.75 Å². The van der Waals surface area contributed by atoms with Gasteiger partial charge in [0.15, 0.2) is 0 Å². The molecule has 21 heavy (non-hydrogen) atoms. The summed E-state index contributed by atoms with van der Waals surface area (Å²) in [5, 5.41) is 0. The van der Waals surface area contributed by atoms with Gasteiger partial charge in [-0.1, -0.05) is 46.3 Å². The maximum absolute atomic E-state index is 12.1. The van der Waals surface area contributed by atoms with Crippen molar-refractivity contribution in [3.05, 3.63) is 63.6 Å². The molecule has 1 aliphatic rings. The first-order valence-corrected chi connectivity index (χ1v) is 8.01. The van der Waals surface area contributed by atoms with Gasteiger partial charge in [-0.05, 0) is 35.2 Å². The number of rotatable bonds is 5. The number of hydrogen-bond acceptors (Lipinski definition) is 2. The van der Waals surface area contributed by atoms with E-state index in [4.69, 9.17) is 4.74 Å². The Hall–Kier alpha value is -1.61. The lowest BCUT2D eigenvalue weighted by Gasteiger charge is -2.05. The number of ketones is 1. The highest BCUT2D eigenvalue weighted by Crippen LogP contribution is 2.26. The first-order valence-electron chi connectivity index (χ1n) is 7.22. The fraction of sp³-hybridized carbons (Fsp3) is 0.278. The summed E-state index contributed by atoms with van der Waals surface area (Å²) in [7, 11) is 0. The van der Waals surface area contributed by atoms with Gasteiger partial charge in [0.05, 0.1) is 6.61 Å². The molecule has 3 rings (SSSR count). The van der Waals surface area contributed by atoms with Crippen molar-refractivity contribution in [1.29, 1.82) is 0 Å². The van der Waals surface area contributed by atoms with Gasteiger partial charge in [0, 0.05) is 23.7 Å². The smallest absolute Gasteiger partial charge is 0.137 e. The Kier molecular flexibility index (Phi) is 4.39. The largest absolute Gasteiger partial charge is 0.493 e. The van der Waals surface area contributed by atoms with Gasteiger partial charge in [0.25, 0.3) is 0 Å². The summed E-state index contributed by atoms with van der Waals surface area (Å²) in [6.45, 7) is 0.778. The van der Waals surface area contributed by atoms with Crippen LogP contribution in [0.25, 0.3) is 0 Å². The summed E-state index contributed by atoms with van der Waals surface area (Å²) in [5.41, 5.74) is 3.55. The first-order chi connectivity index (χ1) is 10.2. The second-order valence-corrected chi connectivity index (χ2v) is 6.20. The third-order valence-electron chi connectivity index (χ3n) is 3.79. The van der Waals surface area contributed by atoms with Crippen LogP contribution < -0.4 is 4.74 Å². The highest BCUT2D eigenvalue weighted by atomic mass is 79.9. The molecule has 1 heterocycles. The molecule has 0 radical (unpaired) electrons. The average Bonchev–Trinajstić information content (AvgIpc) is 2.95. The Bertz CT molecular complexity index is 664. The van der Waals surface area contributed by atoms with Crippen molar-refractivity contribution in [2.45, 2.75) is 25.7 Å². The first kappa shape index (κ1) is 14.3. The highest BCUT2D eigenvalue weighted by molar-refractivity contribution is 9.10. The van der Waals surface area contributed by atoms with Crippen LogP contribution in [0, 0.1) is 0 Å². The Balaban J connectivity index is 1.58. The van der Waals surface area contributed by atoms with Crippen LogP contribution in [0.4, 0.5) is 0 Å². The molecular weight excluding hydrogens is 328 g/mol. The minimum atomic E-state index is 0.277. The van der Waals surface area contributed by atoms with E-state index in [9.17, 15) is 4.79 Å². The van der Waals surface area contributed by atoms with Gasteiger partial charge in [-0.15, -0.1) is 0 Å². The number of ether oxygens (including phenoxy) is 1. The quantitative estimate of drug-likeness (QED) is 0.815. The van der Waals surface area contributed by atoms with Gasteiger partial charge in [-0.25, -0.2) is 0 Å². The Morgan fingerprint density at radius 2 is 2.05 bits per heavy atom. The van der Waals surface area contributed by atoms with Crippen LogP contribution >= 0.6 is 15.9 Å². The molecule has 0 N–H and O–H groups in total. The molecule has 0 unspecified atom stereocenters. The summed E-state index contributed by atoms with van der Waals surface area (Å²) in [5.74, 6) is 1.27. The van der Waals surface area contributed by atoms with Gasteiger partial charge in [-0.3, -0.25) is 4.79 Å². The monoisotopic (exact) mass is 344 g/mol. The predicted octanol–water partition coefficient (Wildman–Crippen LogP) is 4.13. The third-order valence-corrected chi connectivity index (χ3v) is 4.57. The molecule has 3 heteroatoms. The average molecular weight is 345 g/mol. The Morgan fingerprint density at radius 1 is 1.19 bits per heavy atom. The molecule has 2 nitrogen and oxygen atoms in total. The van der Waals surface area contributed by atoms with Crippen LogP contribution in [0.1, 0.15) is 23.1 Å². The molecule has 0 amide bonds. The Labute approximate surface area is 133 Å². The third kappa shape index (κ3) is 3.53. The SMILES string of the molecule is O=C(CCc1ccc2c(c1)CCO2)Cc1ccccc1Br. The minimum Gasteiger partial charge on any atom is -0.493 e. The van der Waals surface area contributed by atoms with Crippen LogP contribution in [0.3, 0.4) is 0 Å². The van der Waals surface area contributed by atoms with E-state index < -0.39 is 0 Å². The summed E-state index contributed by atoms with van der Waals surface area (Å²) < 4.78 is 6.51. The molecule has 0 aromatic heterocycles. The molecule has 2 aromatic rings. The predicted molar refractivity (Wildman–Crippen MR) is 86.8 cm³/mol. The fourth-order valence-corrected chi connectivity index (χ4v) is 3.05. The van der Waals surface area contributed by atoms with E-state index in [1.54, 1.807) is 0 Å². The lowest BCUT2D eigenvalue weighted by molar-refractivity contribution is -0.118. The summed E-state index contributed by atoms with van der Waals surface area (Å²) in [4.78, 5) is 12.1. The van der Waals surface area contributed by atoms with Crippen LogP contribution in [0.15, 0.2) is 46.9 Å². The van der Waals surface area contributed by atoms with Gasteiger partial charge in [0.2, 0.25) is 0 Å². The Morgan fingerprint density at radius 3 is 2.90 bits per heavy atom. The molecule has 0 atom stereocenters. The topological polar surface area (TPSA) is 26.3 Å². The number of Topliss-reactive ketones (excluding diaryl/α,β-unsaturated/α-hetero) is 1. The maximum atomic E-state index is 12.1. The number of benzene rings is 2. The lowest BCUT2D eigenvalue weighted by Crippen LogP contribution is -2.05. The van der Waals surface area contributed by atoms with Crippen LogP contribution in [-0.2, 0) is 24.1 Å². The van der Waals surface area contributed by atoms with Crippen molar-refractivity contribution >= 4 is 21.7 Å². The number of hydrogen-bond donors (Lipinski definition) is 0. The number of halogens is 1. The van der Waals surface area contributed by atoms with E-state index in [0.29, 0.717) is 12.8 Å². The van der Waals surface area contributed by atoms with Crippen molar-refractivity contribution in [3.63, 3.8) is 0 Å². The zero-order chi connectivity index (χ0) is 14.7. The van der Waals surface area contributed by atoms with E-state index in [1.807, 2.05) is 30.3 Å². The number of fused-ring (bicyclic) bond motifs is 1. The van der Waals surface area contributed by atoms with Gasteiger partial charge in [0.1, 0.15) is 11.5 Å². The van der Waals surface area contributed by atoms with E-state index in [2.05, 4.69) is 28.1 Å². The fourth-order valence-electron chi connectivity index (χ4n) is 2.62. The molecule has 1 aliphatic heterocycles. The molecule has 108 valence electrons. The van der Waals surface area contributed by atoms with Crippen LogP contribution in [0.2, 0.25) is 0 Å². The second kappa shape index (κ2) is 6.44. The standard InChI is InChI=1S/C18H17BrO2/c19-17-4-2-1-3-14(17)12-16(20)7-5-13-6-8-18-15(11-13)9-10-21-18/h1-4,6,8,11H,5,7,9-10,12H2. The van der Waals surface area contributed by atoms with Crippen LogP contribution in [0.5, 0.6) is 5.75 Å². The van der Waals surface area contributed by atoms with E-state index in [1.165, 1.54) is 11.1 Å². The van der Waals surface area contributed by atoms with Crippen molar-refractivity contribution in [2.24, 2.45) is 0 Å². The number of aryl methyl sites for hydroxylation is 1. The number of carbonyl (C=O) groups excluding carboxylic acids is 1. The van der Waals surface area contributed by atoms with Gasteiger partial charge >= 0.3 is 0 Å². The summed E-state index contributed by atoms with van der Waals surface area (Å²) >= 11 is 3.49. The molecule has 0 saturated heterocycles. The minimum absolute atomic E-state index is 0.277. The van der Waals surface area contributed by atoms with E-state index in [-0.39, 0.29) is 5.78 Å². The van der Waals surface area contributed by atoms with Gasteiger partial charge in [-0.2, -0.15) is 0 Å². The van der Waals surface area contributed by atoms with E-state index >= 15 is 0 Å². The molecule has 0 fully saturated rings. The zero-order valence-electron chi connectivity index (χ0n) is 11.8. The highest BCUT2D eigenvalue weighted by Gasteiger charge is 2.13. The molecule has 0 saturated carbocycles. The number of carbonyl (C=O) groups is 1. The zero-order valence-corrected chi connectivity index (χ0v) is 13.4. The van der Waals surface area contributed by atoms with Crippen LogP contribution in [-0.4, -0.2) is 12.4 Å². The normalized spacial score (nSPS) is 12.8. The summed E-state index contributed by atoms with van der Waals surface area (Å²) in [6, 6.07) is 14.2. The summed E-state index contributed by atoms with van der Waals surface area (Å²) in [6.07, 6.45) is 2.86. The maximum Gasteiger partial charge on any atom is 0.137 e. The molecule has 0 bridgehead atoms.